The minimum atomic E-state index is -0.869. The van der Waals surface area contributed by atoms with Gasteiger partial charge in [0.2, 0.25) is 0 Å². The van der Waals surface area contributed by atoms with Crippen molar-refractivity contribution in [2.45, 2.75) is 12.5 Å². The van der Waals surface area contributed by atoms with Crippen LogP contribution in [-0.4, -0.2) is 27.3 Å². The highest BCUT2D eigenvalue weighted by atomic mass is 32.2. The predicted molar refractivity (Wildman–Crippen MR) is 68.5 cm³/mol. The summed E-state index contributed by atoms with van der Waals surface area (Å²) >= 11 is 1.65. The van der Waals surface area contributed by atoms with Gasteiger partial charge in [-0.2, -0.15) is 11.8 Å². The second-order valence-corrected chi connectivity index (χ2v) is 5.34. The summed E-state index contributed by atoms with van der Waals surface area (Å²) < 4.78 is 0. The third kappa shape index (κ3) is 2.70. The molecule has 1 heterocycles. The van der Waals surface area contributed by atoms with Gasteiger partial charge in [0, 0.05) is 30.1 Å². The van der Waals surface area contributed by atoms with Gasteiger partial charge in [-0.1, -0.05) is 0 Å². The van der Waals surface area contributed by atoms with Crippen LogP contribution in [0, 0.1) is 16.0 Å². The number of nitro benzene ring substituents is 1. The number of aliphatic hydroxyl groups excluding tert-OH is 1. The van der Waals surface area contributed by atoms with E-state index in [-0.39, 0.29) is 11.5 Å². The fraction of sp³-hybridized carbons (Fsp3) is 0.417. The van der Waals surface area contributed by atoms with Crippen molar-refractivity contribution in [1.29, 1.82) is 0 Å². The average molecular weight is 267 g/mol. The number of non-ortho nitro benzene ring substituents is 1. The van der Waals surface area contributed by atoms with E-state index < -0.39 is 16.9 Å². The zero-order valence-corrected chi connectivity index (χ0v) is 10.4. The van der Waals surface area contributed by atoms with Crippen LogP contribution < -0.4 is 0 Å². The van der Waals surface area contributed by atoms with E-state index >= 15 is 0 Å². The van der Waals surface area contributed by atoms with E-state index in [9.17, 15) is 20.0 Å². The van der Waals surface area contributed by atoms with Crippen molar-refractivity contribution in [2.24, 2.45) is 5.92 Å². The predicted octanol–water partition coefficient (Wildman–Crippen LogP) is 1.95. The van der Waals surface area contributed by atoms with Gasteiger partial charge in [-0.05, 0) is 17.7 Å². The van der Waals surface area contributed by atoms with Gasteiger partial charge in [0.25, 0.3) is 5.69 Å². The summed E-state index contributed by atoms with van der Waals surface area (Å²) in [6.07, 6.45) is -0.384. The molecule has 1 N–H and O–H groups in total. The van der Waals surface area contributed by atoms with Gasteiger partial charge in [0.1, 0.15) is 5.78 Å². The number of Topliss-reactive ketones (excluding diaryl/α,β-unsaturated/α-hetero) is 1. The van der Waals surface area contributed by atoms with E-state index in [0.717, 1.165) is 5.75 Å². The molecular weight excluding hydrogens is 254 g/mol. The Morgan fingerprint density at radius 2 is 2.06 bits per heavy atom. The molecule has 0 radical (unpaired) electrons. The van der Waals surface area contributed by atoms with Crippen molar-refractivity contribution in [3.63, 3.8) is 0 Å². The molecule has 1 aliphatic rings. The molecule has 1 aliphatic heterocycles. The van der Waals surface area contributed by atoms with Crippen molar-refractivity contribution in [2.75, 3.05) is 11.5 Å². The van der Waals surface area contributed by atoms with Crippen molar-refractivity contribution in [3.05, 3.63) is 39.9 Å². The van der Waals surface area contributed by atoms with Gasteiger partial charge in [0.15, 0.2) is 0 Å². The molecule has 0 saturated carbocycles. The number of hydrogen-bond acceptors (Lipinski definition) is 5. The van der Waals surface area contributed by atoms with Gasteiger partial charge >= 0.3 is 0 Å². The van der Waals surface area contributed by atoms with Crippen molar-refractivity contribution in [1.82, 2.24) is 0 Å². The number of carbonyl (C=O) groups excluding carboxylic acids is 1. The molecule has 0 aliphatic carbocycles. The Kier molecular flexibility index (Phi) is 3.98. The highest BCUT2D eigenvalue weighted by Gasteiger charge is 2.30. The van der Waals surface area contributed by atoms with Crippen LogP contribution in [0.25, 0.3) is 0 Å². The molecule has 0 bridgehead atoms. The lowest BCUT2D eigenvalue weighted by Crippen LogP contribution is -2.28. The Bertz CT molecular complexity index is 460. The maximum absolute atomic E-state index is 11.7. The summed E-state index contributed by atoms with van der Waals surface area (Å²) in [5.74, 6) is 1.09. The molecular formula is C12H13NO4S. The second kappa shape index (κ2) is 5.49. The fourth-order valence-electron chi connectivity index (χ4n) is 1.95. The topological polar surface area (TPSA) is 80.4 Å². The first kappa shape index (κ1) is 13.0. The first-order chi connectivity index (χ1) is 8.59. The quantitative estimate of drug-likeness (QED) is 0.668. The van der Waals surface area contributed by atoms with Crippen LogP contribution in [0.1, 0.15) is 18.1 Å². The van der Waals surface area contributed by atoms with Crippen LogP contribution in [0.15, 0.2) is 24.3 Å². The van der Waals surface area contributed by atoms with E-state index in [1.807, 2.05) is 0 Å². The Labute approximate surface area is 108 Å². The lowest BCUT2D eigenvalue weighted by molar-refractivity contribution is -0.384. The van der Waals surface area contributed by atoms with Crippen LogP contribution >= 0.6 is 11.8 Å². The first-order valence-electron chi connectivity index (χ1n) is 5.62. The van der Waals surface area contributed by atoms with Gasteiger partial charge in [-0.3, -0.25) is 14.9 Å². The maximum Gasteiger partial charge on any atom is 0.269 e. The zero-order chi connectivity index (χ0) is 13.1. The van der Waals surface area contributed by atoms with Crippen molar-refractivity contribution in [3.8, 4) is 0 Å². The highest BCUT2D eigenvalue weighted by Crippen LogP contribution is 2.31. The summed E-state index contributed by atoms with van der Waals surface area (Å²) in [5, 5.41) is 20.7. The molecule has 0 amide bonds. The number of thioether (sulfide) groups is 1. The maximum atomic E-state index is 11.7. The van der Waals surface area contributed by atoms with E-state index in [4.69, 9.17) is 0 Å². The molecule has 5 nitrogen and oxygen atoms in total. The molecule has 1 aromatic carbocycles. The fourth-order valence-corrected chi connectivity index (χ4v) is 3.09. The summed E-state index contributed by atoms with van der Waals surface area (Å²) in [4.78, 5) is 21.7. The summed E-state index contributed by atoms with van der Waals surface area (Å²) in [7, 11) is 0. The number of ketones is 1. The van der Waals surface area contributed by atoms with E-state index in [1.165, 1.54) is 24.3 Å². The molecule has 0 spiro atoms. The van der Waals surface area contributed by atoms with Crippen LogP contribution in [-0.2, 0) is 4.79 Å². The zero-order valence-electron chi connectivity index (χ0n) is 9.61. The number of nitro groups is 1. The molecule has 6 heteroatoms. The molecule has 2 rings (SSSR count). The van der Waals surface area contributed by atoms with Gasteiger partial charge in [0.05, 0.1) is 16.9 Å². The highest BCUT2D eigenvalue weighted by molar-refractivity contribution is 7.99. The third-order valence-corrected chi connectivity index (χ3v) is 4.12. The number of rotatable bonds is 3. The molecule has 18 heavy (non-hydrogen) atoms. The summed E-state index contributed by atoms with van der Waals surface area (Å²) in [6.45, 7) is 0. The van der Waals surface area contributed by atoms with E-state index in [1.54, 1.807) is 11.8 Å². The number of benzene rings is 1. The molecule has 1 aromatic rings. The number of aliphatic hydroxyl groups is 1. The third-order valence-electron chi connectivity index (χ3n) is 3.03. The lowest BCUT2D eigenvalue weighted by Gasteiger charge is -2.25. The smallest absolute Gasteiger partial charge is 0.269 e. The molecule has 96 valence electrons. The van der Waals surface area contributed by atoms with E-state index in [2.05, 4.69) is 0 Å². The summed E-state index contributed by atoms with van der Waals surface area (Å²) in [6, 6.07) is 5.71. The molecule has 1 fully saturated rings. The largest absolute Gasteiger partial charge is 0.388 e. The van der Waals surface area contributed by atoms with Gasteiger partial charge < -0.3 is 5.11 Å². The number of nitrogens with zero attached hydrogens (tertiary/aromatic N) is 1. The summed E-state index contributed by atoms with van der Waals surface area (Å²) in [5.41, 5.74) is 0.539. The standard InChI is InChI=1S/C12H13NO4S/c14-11-5-6-18-7-10(11)12(15)8-1-3-9(4-2-8)13(16)17/h1-4,10,12,15H,5-7H2/t10-,12+/m0/s1. The number of carbonyl (C=O) groups is 1. The van der Waals surface area contributed by atoms with Crippen LogP contribution in [0.4, 0.5) is 5.69 Å². The molecule has 2 atom stereocenters. The molecule has 0 unspecified atom stereocenters. The molecule has 0 aromatic heterocycles. The van der Waals surface area contributed by atoms with Gasteiger partial charge in [-0.15, -0.1) is 0 Å². The normalized spacial score (nSPS) is 21.6. The molecule has 1 saturated heterocycles. The average Bonchev–Trinajstić information content (AvgIpc) is 2.38. The number of hydrogen-bond donors (Lipinski definition) is 1. The lowest BCUT2D eigenvalue weighted by atomic mass is 9.92. The van der Waals surface area contributed by atoms with Crippen LogP contribution in [0.2, 0.25) is 0 Å². The minimum Gasteiger partial charge on any atom is -0.388 e. The Morgan fingerprint density at radius 3 is 2.61 bits per heavy atom. The Balaban J connectivity index is 2.15. The Hall–Kier alpha value is -1.40. The van der Waals surface area contributed by atoms with Crippen LogP contribution in [0.3, 0.4) is 0 Å². The Morgan fingerprint density at radius 1 is 1.39 bits per heavy atom. The van der Waals surface area contributed by atoms with E-state index in [0.29, 0.717) is 17.7 Å². The first-order valence-corrected chi connectivity index (χ1v) is 6.78. The van der Waals surface area contributed by atoms with Crippen LogP contribution in [0.5, 0.6) is 0 Å². The van der Waals surface area contributed by atoms with Gasteiger partial charge in [-0.25, -0.2) is 0 Å². The minimum absolute atomic E-state index is 0.0182. The monoisotopic (exact) mass is 267 g/mol. The SMILES string of the molecule is O=C1CCSC[C@@H]1[C@H](O)c1ccc([N+](=O)[O-])cc1. The second-order valence-electron chi connectivity index (χ2n) is 4.19. The van der Waals surface area contributed by atoms with Crippen molar-refractivity contribution < 1.29 is 14.8 Å². The van der Waals surface area contributed by atoms with Crippen molar-refractivity contribution >= 4 is 23.2 Å².